The van der Waals surface area contributed by atoms with Crippen molar-refractivity contribution in [3.8, 4) is 0 Å². The first-order valence-electron chi connectivity index (χ1n) is 5.66. The van der Waals surface area contributed by atoms with Gasteiger partial charge in [-0.3, -0.25) is 0 Å². The molecule has 0 spiro atoms. The fourth-order valence-electron chi connectivity index (χ4n) is 1.39. The Labute approximate surface area is 105 Å². The van der Waals surface area contributed by atoms with Crippen molar-refractivity contribution in [1.82, 2.24) is 5.32 Å². The van der Waals surface area contributed by atoms with Gasteiger partial charge in [0.25, 0.3) is 0 Å². The van der Waals surface area contributed by atoms with Gasteiger partial charge >= 0.3 is 6.18 Å². The van der Waals surface area contributed by atoms with Crippen LogP contribution in [0.15, 0.2) is 24.3 Å². The van der Waals surface area contributed by atoms with Gasteiger partial charge in [0.1, 0.15) is 0 Å². The second-order valence-corrected chi connectivity index (χ2v) is 4.76. The van der Waals surface area contributed by atoms with Gasteiger partial charge in [-0.2, -0.15) is 13.2 Å². The number of ether oxygens (including phenoxy) is 1. The van der Waals surface area contributed by atoms with E-state index in [-0.39, 0.29) is 5.60 Å². The number of methoxy groups -OCH3 is 1. The molecule has 1 aromatic carbocycles. The summed E-state index contributed by atoms with van der Waals surface area (Å²) >= 11 is 0. The topological polar surface area (TPSA) is 21.3 Å². The van der Waals surface area contributed by atoms with Crippen LogP contribution in [0.1, 0.15) is 25.0 Å². The molecule has 2 nitrogen and oxygen atoms in total. The highest BCUT2D eigenvalue weighted by atomic mass is 19.4. The zero-order valence-corrected chi connectivity index (χ0v) is 10.8. The molecule has 1 N–H and O–H groups in total. The van der Waals surface area contributed by atoms with Crippen LogP contribution in [0.2, 0.25) is 0 Å². The van der Waals surface area contributed by atoms with Crippen molar-refractivity contribution in [3.05, 3.63) is 35.4 Å². The van der Waals surface area contributed by atoms with Gasteiger partial charge in [0.15, 0.2) is 0 Å². The molecule has 0 atom stereocenters. The lowest BCUT2D eigenvalue weighted by Crippen LogP contribution is -2.36. The Bertz CT molecular complexity index is 371. The zero-order valence-electron chi connectivity index (χ0n) is 10.8. The molecule has 1 aromatic rings. The van der Waals surface area contributed by atoms with Gasteiger partial charge in [-0.05, 0) is 31.5 Å². The highest BCUT2D eigenvalue weighted by Gasteiger charge is 2.29. The molecule has 0 aromatic heterocycles. The summed E-state index contributed by atoms with van der Waals surface area (Å²) in [6, 6.07) is 5.15. The molecule has 0 amide bonds. The second kappa shape index (κ2) is 5.71. The van der Waals surface area contributed by atoms with Crippen molar-refractivity contribution in [2.24, 2.45) is 0 Å². The molecule has 1 rings (SSSR count). The number of nitrogens with one attached hydrogen (secondary N) is 1. The van der Waals surface area contributed by atoms with E-state index < -0.39 is 11.7 Å². The van der Waals surface area contributed by atoms with Gasteiger partial charge in [-0.25, -0.2) is 0 Å². The fraction of sp³-hybridized carbons (Fsp3) is 0.538. The molecule has 0 aliphatic heterocycles. The second-order valence-electron chi connectivity index (χ2n) is 4.76. The Morgan fingerprint density at radius 2 is 1.67 bits per heavy atom. The minimum Gasteiger partial charge on any atom is -0.377 e. The van der Waals surface area contributed by atoms with E-state index in [2.05, 4.69) is 5.32 Å². The lowest BCUT2D eigenvalue weighted by molar-refractivity contribution is -0.137. The monoisotopic (exact) mass is 261 g/mol. The van der Waals surface area contributed by atoms with Crippen molar-refractivity contribution in [1.29, 1.82) is 0 Å². The maximum absolute atomic E-state index is 12.3. The molecule has 0 fully saturated rings. The molecular formula is C13H18F3NO. The molecule has 0 saturated carbocycles. The fourth-order valence-corrected chi connectivity index (χ4v) is 1.39. The molecule has 0 aliphatic rings. The highest BCUT2D eigenvalue weighted by Crippen LogP contribution is 2.29. The quantitative estimate of drug-likeness (QED) is 0.878. The van der Waals surface area contributed by atoms with Crippen molar-refractivity contribution in [3.63, 3.8) is 0 Å². The van der Waals surface area contributed by atoms with Crippen LogP contribution < -0.4 is 5.32 Å². The summed E-state index contributed by atoms with van der Waals surface area (Å²) in [4.78, 5) is 0. The van der Waals surface area contributed by atoms with Crippen LogP contribution in [0.5, 0.6) is 0 Å². The molecule has 0 unspecified atom stereocenters. The number of halogens is 3. The summed E-state index contributed by atoms with van der Waals surface area (Å²) < 4.78 is 42.3. The van der Waals surface area contributed by atoms with Crippen LogP contribution >= 0.6 is 0 Å². The summed E-state index contributed by atoms with van der Waals surface area (Å²) in [5.74, 6) is 0. The number of benzene rings is 1. The molecule has 0 radical (unpaired) electrons. The lowest BCUT2D eigenvalue weighted by atomic mass is 10.1. The van der Waals surface area contributed by atoms with Crippen molar-refractivity contribution >= 4 is 0 Å². The zero-order chi connectivity index (χ0) is 13.8. The smallest absolute Gasteiger partial charge is 0.377 e. The Kier molecular flexibility index (Phi) is 4.76. The molecule has 0 bridgehead atoms. The molecule has 5 heteroatoms. The van der Waals surface area contributed by atoms with E-state index in [1.807, 2.05) is 13.8 Å². The Morgan fingerprint density at radius 1 is 1.11 bits per heavy atom. The average molecular weight is 261 g/mol. The van der Waals surface area contributed by atoms with Crippen LogP contribution in [-0.2, 0) is 17.5 Å². The third-order valence-corrected chi connectivity index (χ3v) is 2.71. The number of hydrogen-bond acceptors (Lipinski definition) is 2. The van der Waals surface area contributed by atoms with Gasteiger partial charge in [-0.15, -0.1) is 0 Å². The summed E-state index contributed by atoms with van der Waals surface area (Å²) in [7, 11) is 1.62. The van der Waals surface area contributed by atoms with Crippen molar-refractivity contribution in [2.45, 2.75) is 32.2 Å². The van der Waals surface area contributed by atoms with E-state index in [0.717, 1.165) is 17.7 Å². The van der Waals surface area contributed by atoms with Crippen molar-refractivity contribution in [2.75, 3.05) is 13.7 Å². The van der Waals surface area contributed by atoms with Gasteiger partial charge in [0.2, 0.25) is 0 Å². The summed E-state index contributed by atoms with van der Waals surface area (Å²) in [6.07, 6.45) is -4.27. The summed E-state index contributed by atoms with van der Waals surface area (Å²) in [6.45, 7) is 5.02. The largest absolute Gasteiger partial charge is 0.416 e. The number of hydrogen-bond donors (Lipinski definition) is 1. The van der Waals surface area contributed by atoms with E-state index in [1.165, 1.54) is 12.1 Å². The van der Waals surface area contributed by atoms with E-state index in [1.54, 1.807) is 7.11 Å². The predicted octanol–water partition coefficient (Wildman–Crippen LogP) is 3.22. The molecule has 18 heavy (non-hydrogen) atoms. The molecule has 0 heterocycles. The average Bonchev–Trinajstić information content (AvgIpc) is 2.28. The summed E-state index contributed by atoms with van der Waals surface area (Å²) in [5.41, 5.74) is -0.0929. The van der Waals surface area contributed by atoms with Crippen LogP contribution in [0.25, 0.3) is 0 Å². The normalized spacial score (nSPS) is 12.8. The third kappa shape index (κ3) is 4.66. The molecule has 0 saturated heterocycles. The van der Waals surface area contributed by atoms with E-state index in [9.17, 15) is 13.2 Å². The standard InChI is InChI=1S/C13H18F3NO/c1-12(2,18-3)9-17-8-10-4-6-11(7-5-10)13(14,15)16/h4-7,17H,8-9H2,1-3H3. The van der Waals surface area contributed by atoms with Crippen LogP contribution in [0, 0.1) is 0 Å². The maximum atomic E-state index is 12.3. The highest BCUT2D eigenvalue weighted by molar-refractivity contribution is 5.24. The molecular weight excluding hydrogens is 243 g/mol. The third-order valence-electron chi connectivity index (χ3n) is 2.71. The lowest BCUT2D eigenvalue weighted by Gasteiger charge is -2.23. The first-order chi connectivity index (χ1) is 8.24. The van der Waals surface area contributed by atoms with Gasteiger partial charge < -0.3 is 10.1 Å². The summed E-state index contributed by atoms with van der Waals surface area (Å²) in [5, 5.41) is 3.14. The van der Waals surface area contributed by atoms with Crippen LogP contribution in [0.4, 0.5) is 13.2 Å². The van der Waals surface area contributed by atoms with Gasteiger partial charge in [0, 0.05) is 20.2 Å². The number of alkyl halides is 3. The maximum Gasteiger partial charge on any atom is 0.416 e. The van der Waals surface area contributed by atoms with Crippen LogP contribution in [0.3, 0.4) is 0 Å². The minimum absolute atomic E-state index is 0.286. The van der Waals surface area contributed by atoms with Crippen LogP contribution in [-0.4, -0.2) is 19.3 Å². The predicted molar refractivity (Wildman–Crippen MR) is 64.2 cm³/mol. The van der Waals surface area contributed by atoms with E-state index in [4.69, 9.17) is 4.74 Å². The van der Waals surface area contributed by atoms with Crippen molar-refractivity contribution < 1.29 is 17.9 Å². The Morgan fingerprint density at radius 3 is 2.11 bits per heavy atom. The van der Waals surface area contributed by atoms with Gasteiger partial charge in [-0.1, -0.05) is 12.1 Å². The Hall–Kier alpha value is -1.07. The Balaban J connectivity index is 2.50. The SMILES string of the molecule is COC(C)(C)CNCc1ccc(C(F)(F)F)cc1. The first kappa shape index (κ1) is 15.0. The molecule has 102 valence electrons. The number of rotatable bonds is 5. The van der Waals surface area contributed by atoms with E-state index >= 15 is 0 Å². The van der Waals surface area contributed by atoms with E-state index in [0.29, 0.717) is 13.1 Å². The molecule has 0 aliphatic carbocycles. The first-order valence-corrected chi connectivity index (χ1v) is 5.66. The minimum atomic E-state index is -4.27. The van der Waals surface area contributed by atoms with Gasteiger partial charge in [0.05, 0.1) is 11.2 Å².